The van der Waals surface area contributed by atoms with Crippen molar-refractivity contribution < 1.29 is 9.53 Å². The van der Waals surface area contributed by atoms with Crippen molar-refractivity contribution in [2.45, 2.75) is 32.4 Å². The van der Waals surface area contributed by atoms with Crippen molar-refractivity contribution in [1.82, 2.24) is 14.9 Å². The molecule has 1 aromatic carbocycles. The van der Waals surface area contributed by atoms with Crippen LogP contribution in [-0.4, -0.2) is 34.7 Å². The van der Waals surface area contributed by atoms with Gasteiger partial charge in [0.05, 0.1) is 17.5 Å². The van der Waals surface area contributed by atoms with E-state index in [0.717, 1.165) is 41.4 Å². The first-order valence-corrected chi connectivity index (χ1v) is 10.1. The van der Waals surface area contributed by atoms with Gasteiger partial charge in [0.15, 0.2) is 0 Å². The van der Waals surface area contributed by atoms with Crippen LogP contribution in [-0.2, 0) is 16.1 Å². The summed E-state index contributed by atoms with van der Waals surface area (Å²) in [4.78, 5) is 17.1. The van der Waals surface area contributed by atoms with Gasteiger partial charge in [-0.05, 0) is 31.9 Å². The predicted octanol–water partition coefficient (Wildman–Crippen LogP) is 3.88. The van der Waals surface area contributed by atoms with Crippen molar-refractivity contribution in [3.05, 3.63) is 53.5 Å². The second-order valence-electron chi connectivity index (χ2n) is 6.86. The Kier molecular flexibility index (Phi) is 5.36. The Morgan fingerprint density at radius 3 is 2.96 bits per heavy atom. The molecule has 1 amide bonds. The maximum absolute atomic E-state index is 12.3. The molecule has 1 aliphatic rings. The zero-order chi connectivity index (χ0) is 18.6. The lowest BCUT2D eigenvalue weighted by Crippen LogP contribution is -2.34. The van der Waals surface area contributed by atoms with Crippen molar-refractivity contribution in [3.8, 4) is 22.0 Å². The summed E-state index contributed by atoms with van der Waals surface area (Å²) < 4.78 is 7.50. The van der Waals surface area contributed by atoms with Gasteiger partial charge in [0, 0.05) is 30.3 Å². The Bertz CT molecular complexity index is 908. The third-order valence-corrected chi connectivity index (χ3v) is 5.63. The average Bonchev–Trinajstić information content (AvgIpc) is 3.42. The molecular formula is C21H23N3O2S. The Labute approximate surface area is 163 Å². The number of amides is 1. The minimum absolute atomic E-state index is 0.00161. The summed E-state index contributed by atoms with van der Waals surface area (Å²) in [5.74, 6) is -0.00161. The highest BCUT2D eigenvalue weighted by Crippen LogP contribution is 2.29. The highest BCUT2D eigenvalue weighted by atomic mass is 32.1. The second-order valence-corrected chi connectivity index (χ2v) is 7.72. The number of nitrogens with one attached hydrogen (secondary N) is 1. The van der Waals surface area contributed by atoms with Gasteiger partial charge in [0.2, 0.25) is 5.91 Å². The van der Waals surface area contributed by atoms with Crippen LogP contribution in [0.1, 0.15) is 18.4 Å². The number of rotatable bonds is 6. The first-order valence-electron chi connectivity index (χ1n) is 9.25. The molecule has 0 spiro atoms. The van der Waals surface area contributed by atoms with E-state index in [-0.39, 0.29) is 18.6 Å². The molecule has 1 saturated heterocycles. The van der Waals surface area contributed by atoms with Gasteiger partial charge in [0.25, 0.3) is 0 Å². The standard InChI is InChI=1S/C21H23N3O2S/c1-15-6-8-16(9-7-15)18-14-27-21(23-18)19-5-2-10-24(19)13-20(25)22-12-17-4-3-11-26-17/h2,5-10,14,17H,3-4,11-13H2,1H3,(H,22,25). The third-order valence-electron chi connectivity index (χ3n) is 4.77. The van der Waals surface area contributed by atoms with Gasteiger partial charge in [0.1, 0.15) is 11.6 Å². The average molecular weight is 382 g/mol. The SMILES string of the molecule is Cc1ccc(-c2csc(-c3cccn3CC(=O)NCC3CCCO3)n2)cc1. The number of thiazole rings is 1. The number of ether oxygens (including phenoxy) is 1. The normalized spacial score (nSPS) is 16.6. The van der Waals surface area contributed by atoms with E-state index in [0.29, 0.717) is 6.54 Å². The molecule has 4 rings (SSSR count). The van der Waals surface area contributed by atoms with Gasteiger partial charge in [-0.2, -0.15) is 0 Å². The molecule has 0 radical (unpaired) electrons. The van der Waals surface area contributed by atoms with E-state index in [1.165, 1.54) is 5.56 Å². The minimum Gasteiger partial charge on any atom is -0.376 e. The van der Waals surface area contributed by atoms with Crippen LogP contribution in [0, 0.1) is 6.92 Å². The van der Waals surface area contributed by atoms with Gasteiger partial charge in [-0.15, -0.1) is 11.3 Å². The molecule has 1 unspecified atom stereocenters. The van der Waals surface area contributed by atoms with E-state index >= 15 is 0 Å². The molecule has 2 aromatic heterocycles. The van der Waals surface area contributed by atoms with Gasteiger partial charge in [-0.1, -0.05) is 29.8 Å². The summed E-state index contributed by atoms with van der Waals surface area (Å²) in [7, 11) is 0. The molecule has 140 valence electrons. The first kappa shape index (κ1) is 17.9. The Morgan fingerprint density at radius 2 is 2.19 bits per heavy atom. The smallest absolute Gasteiger partial charge is 0.240 e. The Morgan fingerprint density at radius 1 is 1.33 bits per heavy atom. The largest absolute Gasteiger partial charge is 0.376 e. The summed E-state index contributed by atoms with van der Waals surface area (Å²) >= 11 is 1.60. The van der Waals surface area contributed by atoms with Crippen LogP contribution in [0.5, 0.6) is 0 Å². The zero-order valence-electron chi connectivity index (χ0n) is 15.4. The van der Waals surface area contributed by atoms with Gasteiger partial charge >= 0.3 is 0 Å². The van der Waals surface area contributed by atoms with Crippen molar-refractivity contribution in [2.24, 2.45) is 0 Å². The highest BCUT2D eigenvalue weighted by molar-refractivity contribution is 7.13. The highest BCUT2D eigenvalue weighted by Gasteiger charge is 2.17. The summed E-state index contributed by atoms with van der Waals surface area (Å²) in [6.45, 7) is 3.75. The first-order chi connectivity index (χ1) is 13.2. The van der Waals surface area contributed by atoms with E-state index in [1.807, 2.05) is 22.9 Å². The lowest BCUT2D eigenvalue weighted by Gasteiger charge is -2.12. The quantitative estimate of drug-likeness (QED) is 0.705. The molecule has 1 N–H and O–H groups in total. The molecule has 1 fully saturated rings. The van der Waals surface area contributed by atoms with Crippen molar-refractivity contribution in [2.75, 3.05) is 13.2 Å². The molecule has 5 nitrogen and oxygen atoms in total. The molecule has 0 aliphatic carbocycles. The summed E-state index contributed by atoms with van der Waals surface area (Å²) in [6.07, 6.45) is 4.19. The van der Waals surface area contributed by atoms with Crippen LogP contribution in [0.25, 0.3) is 22.0 Å². The van der Waals surface area contributed by atoms with Crippen molar-refractivity contribution in [1.29, 1.82) is 0 Å². The van der Waals surface area contributed by atoms with Gasteiger partial charge < -0.3 is 14.6 Å². The predicted molar refractivity (Wildman–Crippen MR) is 108 cm³/mol. The van der Waals surface area contributed by atoms with Crippen LogP contribution < -0.4 is 5.32 Å². The molecule has 3 aromatic rings. The molecule has 27 heavy (non-hydrogen) atoms. The van der Waals surface area contributed by atoms with Crippen LogP contribution in [0.3, 0.4) is 0 Å². The lowest BCUT2D eigenvalue weighted by molar-refractivity contribution is -0.122. The van der Waals surface area contributed by atoms with E-state index in [4.69, 9.17) is 9.72 Å². The number of nitrogens with zero attached hydrogens (tertiary/aromatic N) is 2. The third kappa shape index (κ3) is 4.28. The van der Waals surface area contributed by atoms with Crippen LogP contribution in [0.4, 0.5) is 0 Å². The zero-order valence-corrected chi connectivity index (χ0v) is 16.2. The number of benzene rings is 1. The second kappa shape index (κ2) is 8.06. The molecule has 0 saturated carbocycles. The maximum atomic E-state index is 12.3. The van der Waals surface area contributed by atoms with E-state index in [1.54, 1.807) is 11.3 Å². The minimum atomic E-state index is -0.00161. The number of hydrogen-bond acceptors (Lipinski definition) is 4. The number of hydrogen-bond donors (Lipinski definition) is 1. The van der Waals surface area contributed by atoms with Gasteiger partial charge in [-0.25, -0.2) is 4.98 Å². The number of aryl methyl sites for hydroxylation is 1. The Hall–Kier alpha value is -2.44. The monoisotopic (exact) mass is 381 g/mol. The van der Waals surface area contributed by atoms with Crippen molar-refractivity contribution >= 4 is 17.2 Å². The van der Waals surface area contributed by atoms with Crippen LogP contribution in [0.2, 0.25) is 0 Å². The van der Waals surface area contributed by atoms with Gasteiger partial charge in [-0.3, -0.25) is 4.79 Å². The number of carbonyl (C=O) groups is 1. The molecule has 1 aliphatic heterocycles. The topological polar surface area (TPSA) is 56.2 Å². The van der Waals surface area contributed by atoms with Crippen molar-refractivity contribution in [3.63, 3.8) is 0 Å². The fourth-order valence-electron chi connectivity index (χ4n) is 3.24. The van der Waals surface area contributed by atoms with E-state index in [2.05, 4.69) is 41.9 Å². The lowest BCUT2D eigenvalue weighted by atomic mass is 10.1. The molecule has 3 heterocycles. The van der Waals surface area contributed by atoms with E-state index in [9.17, 15) is 4.79 Å². The number of aromatic nitrogens is 2. The van der Waals surface area contributed by atoms with Crippen LogP contribution >= 0.6 is 11.3 Å². The molecule has 1 atom stereocenters. The maximum Gasteiger partial charge on any atom is 0.240 e. The fourth-order valence-corrected chi connectivity index (χ4v) is 4.11. The number of carbonyl (C=O) groups excluding carboxylic acids is 1. The summed E-state index contributed by atoms with van der Waals surface area (Å²) in [5.41, 5.74) is 4.27. The molecular weight excluding hydrogens is 358 g/mol. The fraction of sp³-hybridized carbons (Fsp3) is 0.333. The summed E-state index contributed by atoms with van der Waals surface area (Å²) in [5, 5.41) is 5.96. The van der Waals surface area contributed by atoms with Crippen LogP contribution in [0.15, 0.2) is 48.0 Å². The summed E-state index contributed by atoms with van der Waals surface area (Å²) in [6, 6.07) is 12.3. The molecule has 6 heteroatoms. The Balaban J connectivity index is 1.44. The molecule has 0 bridgehead atoms. The van der Waals surface area contributed by atoms with E-state index < -0.39 is 0 Å².